The maximum absolute atomic E-state index is 13.1. The Balaban J connectivity index is 2.60. The summed E-state index contributed by atoms with van der Waals surface area (Å²) in [6, 6.07) is 2.69. The summed E-state index contributed by atoms with van der Waals surface area (Å²) in [5.41, 5.74) is 0. The van der Waals surface area contributed by atoms with Gasteiger partial charge in [0.2, 0.25) is 0 Å². The second kappa shape index (κ2) is 5.63. The van der Waals surface area contributed by atoms with Crippen molar-refractivity contribution in [1.82, 2.24) is 5.32 Å². The summed E-state index contributed by atoms with van der Waals surface area (Å²) in [5, 5.41) is 11.6. The molecule has 1 unspecified atom stereocenters. The first-order chi connectivity index (χ1) is 7.17. The van der Waals surface area contributed by atoms with Gasteiger partial charge in [0.15, 0.2) is 11.6 Å². The summed E-state index contributed by atoms with van der Waals surface area (Å²) in [6.45, 7) is -0.0548. The zero-order chi connectivity index (χ0) is 11.3. The molecule has 1 rings (SSSR count). The van der Waals surface area contributed by atoms with Crippen LogP contribution < -0.4 is 10.1 Å². The van der Waals surface area contributed by atoms with Crippen LogP contribution in [0.15, 0.2) is 18.2 Å². The average molecular weight is 217 g/mol. The Morgan fingerprint density at radius 3 is 2.80 bits per heavy atom. The fourth-order valence-electron chi connectivity index (χ4n) is 1.01. The molecule has 15 heavy (non-hydrogen) atoms. The minimum atomic E-state index is -0.621. The van der Waals surface area contributed by atoms with Gasteiger partial charge in [-0.25, -0.2) is 8.78 Å². The van der Waals surface area contributed by atoms with Crippen molar-refractivity contribution in [1.29, 1.82) is 0 Å². The fourth-order valence-corrected chi connectivity index (χ4v) is 1.01. The van der Waals surface area contributed by atoms with E-state index in [2.05, 4.69) is 5.32 Å². The van der Waals surface area contributed by atoms with Gasteiger partial charge in [-0.2, -0.15) is 0 Å². The van der Waals surface area contributed by atoms with Crippen molar-refractivity contribution in [2.24, 2.45) is 0 Å². The standard InChI is InChI=1S/C10H13F2NO2/c1-13-8(5-14)6-15-10-4-7(11)2-3-9(10)12/h2-4,8,13-14H,5-6H2,1H3. The number of ether oxygens (including phenoxy) is 1. The van der Waals surface area contributed by atoms with Crippen LogP contribution in [0.3, 0.4) is 0 Å². The number of rotatable bonds is 5. The molecule has 1 atom stereocenters. The SMILES string of the molecule is CNC(CO)COc1cc(F)ccc1F. The molecule has 0 aliphatic rings. The lowest BCUT2D eigenvalue weighted by atomic mass is 10.3. The molecule has 0 fully saturated rings. The van der Waals surface area contributed by atoms with Crippen LogP contribution in [0.2, 0.25) is 0 Å². The largest absolute Gasteiger partial charge is 0.489 e. The molecule has 0 aliphatic carbocycles. The van der Waals surface area contributed by atoms with Crippen LogP contribution in [0, 0.1) is 11.6 Å². The molecule has 0 bridgehead atoms. The topological polar surface area (TPSA) is 41.5 Å². The number of aliphatic hydroxyl groups is 1. The molecular weight excluding hydrogens is 204 g/mol. The number of benzene rings is 1. The molecule has 0 radical (unpaired) electrons. The summed E-state index contributed by atoms with van der Waals surface area (Å²) in [5.74, 6) is -1.33. The molecule has 0 aromatic heterocycles. The Morgan fingerprint density at radius 2 is 2.20 bits per heavy atom. The van der Waals surface area contributed by atoms with E-state index in [1.165, 1.54) is 0 Å². The number of aliphatic hydroxyl groups excluding tert-OH is 1. The van der Waals surface area contributed by atoms with Gasteiger partial charge in [0.1, 0.15) is 12.4 Å². The maximum atomic E-state index is 13.1. The molecule has 0 amide bonds. The summed E-state index contributed by atoms with van der Waals surface area (Å²) in [4.78, 5) is 0. The van der Waals surface area contributed by atoms with Gasteiger partial charge < -0.3 is 15.2 Å². The van der Waals surface area contributed by atoms with E-state index in [4.69, 9.17) is 9.84 Å². The van der Waals surface area contributed by atoms with Crippen LogP contribution in [-0.2, 0) is 0 Å². The highest BCUT2D eigenvalue weighted by atomic mass is 19.1. The Hall–Kier alpha value is -1.20. The Kier molecular flexibility index (Phi) is 4.45. The van der Waals surface area contributed by atoms with E-state index in [0.717, 1.165) is 18.2 Å². The molecule has 2 N–H and O–H groups in total. The molecule has 0 aliphatic heterocycles. The van der Waals surface area contributed by atoms with E-state index in [1.54, 1.807) is 7.05 Å². The van der Waals surface area contributed by atoms with Crippen molar-refractivity contribution < 1.29 is 18.6 Å². The second-order valence-corrected chi connectivity index (χ2v) is 3.05. The van der Waals surface area contributed by atoms with E-state index >= 15 is 0 Å². The van der Waals surface area contributed by atoms with Crippen LogP contribution in [0.5, 0.6) is 5.75 Å². The lowest BCUT2D eigenvalue weighted by Crippen LogP contribution is -2.35. The summed E-state index contributed by atoms with van der Waals surface area (Å²) < 4.78 is 30.8. The molecule has 5 heteroatoms. The van der Waals surface area contributed by atoms with E-state index in [-0.39, 0.29) is 25.0 Å². The molecule has 0 spiro atoms. The Labute approximate surface area is 86.7 Å². The number of hydrogen-bond donors (Lipinski definition) is 2. The molecule has 0 saturated heterocycles. The van der Waals surface area contributed by atoms with Crippen molar-refractivity contribution >= 4 is 0 Å². The number of halogens is 2. The quantitative estimate of drug-likeness (QED) is 0.770. The smallest absolute Gasteiger partial charge is 0.165 e. The minimum absolute atomic E-state index is 0.0768. The third-order valence-corrected chi connectivity index (χ3v) is 1.96. The summed E-state index contributed by atoms with van der Waals surface area (Å²) in [6.07, 6.45) is 0. The molecule has 1 aromatic carbocycles. The van der Waals surface area contributed by atoms with Crippen molar-refractivity contribution in [2.75, 3.05) is 20.3 Å². The lowest BCUT2D eigenvalue weighted by molar-refractivity contribution is 0.185. The van der Waals surface area contributed by atoms with Gasteiger partial charge in [0.25, 0.3) is 0 Å². The predicted octanol–water partition coefficient (Wildman–Crippen LogP) is 0.924. The maximum Gasteiger partial charge on any atom is 0.165 e. The van der Waals surface area contributed by atoms with Crippen LogP contribution in [0.1, 0.15) is 0 Å². The highest BCUT2D eigenvalue weighted by molar-refractivity contribution is 5.24. The van der Waals surface area contributed by atoms with Gasteiger partial charge in [-0.05, 0) is 19.2 Å². The molecule has 0 heterocycles. The number of likely N-dealkylation sites (N-methyl/N-ethyl adjacent to an activating group) is 1. The third-order valence-electron chi connectivity index (χ3n) is 1.96. The Bertz CT molecular complexity index is 316. The van der Waals surface area contributed by atoms with Crippen molar-refractivity contribution in [3.05, 3.63) is 29.8 Å². The van der Waals surface area contributed by atoms with Crippen LogP contribution in [0.25, 0.3) is 0 Å². The van der Waals surface area contributed by atoms with E-state index < -0.39 is 11.6 Å². The Morgan fingerprint density at radius 1 is 1.47 bits per heavy atom. The first-order valence-corrected chi connectivity index (χ1v) is 4.53. The van der Waals surface area contributed by atoms with E-state index in [9.17, 15) is 8.78 Å². The highest BCUT2D eigenvalue weighted by Gasteiger charge is 2.08. The van der Waals surface area contributed by atoms with Crippen molar-refractivity contribution in [3.8, 4) is 5.75 Å². The normalized spacial score (nSPS) is 12.5. The first-order valence-electron chi connectivity index (χ1n) is 4.53. The number of nitrogens with one attached hydrogen (secondary N) is 1. The van der Waals surface area contributed by atoms with Crippen molar-refractivity contribution in [3.63, 3.8) is 0 Å². The van der Waals surface area contributed by atoms with Gasteiger partial charge in [-0.15, -0.1) is 0 Å². The van der Waals surface area contributed by atoms with Crippen LogP contribution in [-0.4, -0.2) is 31.4 Å². The minimum Gasteiger partial charge on any atom is -0.489 e. The van der Waals surface area contributed by atoms with Crippen LogP contribution >= 0.6 is 0 Å². The summed E-state index contributed by atoms with van der Waals surface area (Å²) >= 11 is 0. The first kappa shape index (κ1) is 11.9. The zero-order valence-electron chi connectivity index (χ0n) is 8.34. The molecular formula is C10H13F2NO2. The summed E-state index contributed by atoms with van der Waals surface area (Å²) in [7, 11) is 1.65. The van der Waals surface area contributed by atoms with E-state index in [0.29, 0.717) is 0 Å². The highest BCUT2D eigenvalue weighted by Crippen LogP contribution is 2.17. The van der Waals surface area contributed by atoms with Crippen LogP contribution in [0.4, 0.5) is 8.78 Å². The fraction of sp³-hybridized carbons (Fsp3) is 0.400. The lowest BCUT2D eigenvalue weighted by Gasteiger charge is -2.14. The average Bonchev–Trinajstić information content (AvgIpc) is 2.24. The van der Waals surface area contributed by atoms with Gasteiger partial charge >= 0.3 is 0 Å². The third kappa shape index (κ3) is 3.45. The van der Waals surface area contributed by atoms with E-state index in [1.807, 2.05) is 0 Å². The monoisotopic (exact) mass is 217 g/mol. The zero-order valence-corrected chi connectivity index (χ0v) is 8.34. The van der Waals surface area contributed by atoms with Gasteiger partial charge in [-0.3, -0.25) is 0 Å². The second-order valence-electron chi connectivity index (χ2n) is 3.05. The number of hydrogen-bond acceptors (Lipinski definition) is 3. The molecule has 1 aromatic rings. The van der Waals surface area contributed by atoms with Gasteiger partial charge in [0.05, 0.1) is 12.6 Å². The van der Waals surface area contributed by atoms with Gasteiger partial charge in [0, 0.05) is 6.07 Å². The van der Waals surface area contributed by atoms with Gasteiger partial charge in [-0.1, -0.05) is 0 Å². The molecule has 0 saturated carbocycles. The molecule has 3 nitrogen and oxygen atoms in total. The predicted molar refractivity (Wildman–Crippen MR) is 51.8 cm³/mol. The van der Waals surface area contributed by atoms with Crippen molar-refractivity contribution in [2.45, 2.75) is 6.04 Å². The molecule has 84 valence electrons.